The van der Waals surface area contributed by atoms with Crippen LogP contribution >= 0.6 is 0 Å². The zero-order valence-electron chi connectivity index (χ0n) is 12.7. The highest BCUT2D eigenvalue weighted by Gasteiger charge is 2.26. The third-order valence-electron chi connectivity index (χ3n) is 3.58. The van der Waals surface area contributed by atoms with Gasteiger partial charge in [-0.05, 0) is 32.0 Å². The molecule has 1 amide bonds. The fourth-order valence-corrected chi connectivity index (χ4v) is 2.60. The third-order valence-corrected chi connectivity index (χ3v) is 3.58. The van der Waals surface area contributed by atoms with E-state index >= 15 is 0 Å². The summed E-state index contributed by atoms with van der Waals surface area (Å²) in [5, 5.41) is 9.83. The Morgan fingerprint density at radius 3 is 2.38 bits per heavy atom. The van der Waals surface area contributed by atoms with Crippen LogP contribution in [0.25, 0.3) is 0 Å². The number of β-amino-alcohol motifs (C(OH)–C–C–N with tert-alkyl or cyclic N) is 1. The molecule has 1 fully saturated rings. The Morgan fingerprint density at radius 2 is 1.86 bits per heavy atom. The number of carbonyl (C=O) groups is 1. The molecule has 6 nitrogen and oxygen atoms in total. The zero-order valence-corrected chi connectivity index (χ0v) is 12.7. The van der Waals surface area contributed by atoms with Gasteiger partial charge in [-0.15, -0.1) is 0 Å². The molecule has 0 radical (unpaired) electrons. The molecule has 0 aliphatic carbocycles. The highest BCUT2D eigenvalue weighted by Crippen LogP contribution is 2.19. The number of carbonyl (C=O) groups excluding carboxylic acids is 1. The highest BCUT2D eigenvalue weighted by atomic mass is 16.3. The van der Waals surface area contributed by atoms with E-state index in [1.54, 1.807) is 36.9 Å². The molecule has 0 atom stereocenters. The van der Waals surface area contributed by atoms with Crippen LogP contribution in [0.4, 0.5) is 11.4 Å². The lowest BCUT2D eigenvalue weighted by atomic mass is 10.1. The van der Waals surface area contributed by atoms with Crippen molar-refractivity contribution in [1.82, 2.24) is 9.80 Å². The molecule has 116 valence electrons. The maximum Gasteiger partial charge on any atom is 0.256 e. The highest BCUT2D eigenvalue weighted by molar-refractivity contribution is 5.99. The van der Waals surface area contributed by atoms with E-state index in [0.29, 0.717) is 36.6 Å². The average molecular weight is 292 g/mol. The molecular weight excluding hydrogens is 268 g/mol. The van der Waals surface area contributed by atoms with E-state index in [1.165, 1.54) is 0 Å². The molecule has 1 aliphatic rings. The van der Waals surface area contributed by atoms with Gasteiger partial charge < -0.3 is 21.5 Å². The number of piperazine rings is 1. The molecule has 1 saturated heterocycles. The number of nitrogens with zero attached hydrogens (tertiary/aromatic N) is 2. The predicted octanol–water partition coefficient (Wildman–Crippen LogP) is 0.380. The largest absolute Gasteiger partial charge is 0.399 e. The minimum Gasteiger partial charge on any atom is -0.399 e. The Morgan fingerprint density at radius 1 is 1.24 bits per heavy atom. The quantitative estimate of drug-likeness (QED) is 0.700. The summed E-state index contributed by atoms with van der Waals surface area (Å²) in [4.78, 5) is 16.4. The van der Waals surface area contributed by atoms with Crippen molar-refractivity contribution in [2.75, 3.05) is 44.2 Å². The Labute approximate surface area is 125 Å². The summed E-state index contributed by atoms with van der Waals surface area (Å²) in [6.45, 7) is 6.98. The topological polar surface area (TPSA) is 95.8 Å². The number of rotatable bonds is 3. The van der Waals surface area contributed by atoms with E-state index in [1.807, 2.05) is 0 Å². The van der Waals surface area contributed by atoms with Crippen molar-refractivity contribution in [3.8, 4) is 0 Å². The Bertz CT molecular complexity index is 517. The second-order valence-electron chi connectivity index (χ2n) is 6.23. The molecular formula is C15H24N4O2. The molecule has 0 spiro atoms. The van der Waals surface area contributed by atoms with Gasteiger partial charge in [0.15, 0.2) is 0 Å². The number of amides is 1. The van der Waals surface area contributed by atoms with Crippen molar-refractivity contribution in [3.63, 3.8) is 0 Å². The van der Waals surface area contributed by atoms with Gasteiger partial charge in [-0.1, -0.05) is 0 Å². The summed E-state index contributed by atoms with van der Waals surface area (Å²) >= 11 is 0. The lowest BCUT2D eigenvalue weighted by molar-refractivity contribution is 0.0179. The first-order chi connectivity index (χ1) is 9.76. The van der Waals surface area contributed by atoms with Gasteiger partial charge in [0.2, 0.25) is 0 Å². The maximum absolute atomic E-state index is 12.5. The number of nitrogens with two attached hydrogens (primary N) is 2. The molecule has 0 unspecified atom stereocenters. The second kappa shape index (κ2) is 5.91. The summed E-state index contributed by atoms with van der Waals surface area (Å²) in [5.74, 6) is -0.0598. The summed E-state index contributed by atoms with van der Waals surface area (Å²) in [6.07, 6.45) is 0. The average Bonchev–Trinajstić information content (AvgIpc) is 2.37. The molecule has 1 aromatic rings. The zero-order chi connectivity index (χ0) is 15.6. The fraction of sp³-hybridized carbons (Fsp3) is 0.533. The lowest BCUT2D eigenvalue weighted by Gasteiger charge is -2.37. The Kier molecular flexibility index (Phi) is 4.39. The molecule has 5 N–H and O–H groups in total. The van der Waals surface area contributed by atoms with E-state index in [0.717, 1.165) is 13.1 Å². The van der Waals surface area contributed by atoms with Crippen molar-refractivity contribution < 1.29 is 9.90 Å². The molecule has 0 bridgehead atoms. The van der Waals surface area contributed by atoms with Crippen molar-refractivity contribution in [3.05, 3.63) is 23.8 Å². The number of nitrogen functional groups attached to an aromatic ring is 2. The number of hydrogen-bond acceptors (Lipinski definition) is 5. The van der Waals surface area contributed by atoms with Crippen LogP contribution in [0, 0.1) is 0 Å². The van der Waals surface area contributed by atoms with Gasteiger partial charge in [-0.2, -0.15) is 0 Å². The van der Waals surface area contributed by atoms with Gasteiger partial charge in [0.1, 0.15) is 0 Å². The predicted molar refractivity (Wildman–Crippen MR) is 83.9 cm³/mol. The maximum atomic E-state index is 12.5. The number of anilines is 2. The van der Waals surface area contributed by atoms with Gasteiger partial charge in [-0.3, -0.25) is 9.69 Å². The molecule has 1 heterocycles. The minimum atomic E-state index is -0.715. The van der Waals surface area contributed by atoms with Gasteiger partial charge in [0.25, 0.3) is 5.91 Å². The van der Waals surface area contributed by atoms with Crippen LogP contribution in [0.3, 0.4) is 0 Å². The molecule has 6 heteroatoms. The van der Waals surface area contributed by atoms with E-state index in [-0.39, 0.29) is 5.91 Å². The van der Waals surface area contributed by atoms with Crippen LogP contribution in [0.2, 0.25) is 0 Å². The third kappa shape index (κ3) is 4.09. The molecule has 2 rings (SSSR count). The second-order valence-corrected chi connectivity index (χ2v) is 6.23. The van der Waals surface area contributed by atoms with Crippen molar-refractivity contribution >= 4 is 17.3 Å². The number of aliphatic hydroxyl groups is 1. The van der Waals surface area contributed by atoms with Gasteiger partial charge in [-0.25, -0.2) is 0 Å². The number of hydrogen-bond donors (Lipinski definition) is 3. The smallest absolute Gasteiger partial charge is 0.256 e. The monoisotopic (exact) mass is 292 g/mol. The molecule has 1 aliphatic heterocycles. The Balaban J connectivity index is 1.97. The standard InChI is InChI=1S/C15H24N4O2/c1-15(2,21)10-18-5-7-19(8-6-18)14(20)12-4-3-11(16)9-13(12)17/h3-4,9,21H,5-8,10,16-17H2,1-2H3. The Hall–Kier alpha value is -1.79. The fourth-order valence-electron chi connectivity index (χ4n) is 2.60. The van der Waals surface area contributed by atoms with Crippen LogP contribution in [0.1, 0.15) is 24.2 Å². The first kappa shape index (κ1) is 15.6. The van der Waals surface area contributed by atoms with Crippen LogP contribution in [0.15, 0.2) is 18.2 Å². The van der Waals surface area contributed by atoms with Crippen molar-refractivity contribution in [2.24, 2.45) is 0 Å². The minimum absolute atomic E-state index is 0.0598. The first-order valence-corrected chi connectivity index (χ1v) is 7.15. The normalized spacial score (nSPS) is 17.0. The molecule has 0 aromatic heterocycles. The van der Waals surface area contributed by atoms with Crippen molar-refractivity contribution in [1.29, 1.82) is 0 Å². The van der Waals surface area contributed by atoms with E-state index in [4.69, 9.17) is 11.5 Å². The van der Waals surface area contributed by atoms with Crippen LogP contribution in [-0.4, -0.2) is 59.1 Å². The molecule has 0 saturated carbocycles. The van der Waals surface area contributed by atoms with Crippen LogP contribution < -0.4 is 11.5 Å². The van der Waals surface area contributed by atoms with E-state index in [9.17, 15) is 9.90 Å². The first-order valence-electron chi connectivity index (χ1n) is 7.15. The summed E-state index contributed by atoms with van der Waals surface area (Å²) in [6, 6.07) is 4.97. The van der Waals surface area contributed by atoms with E-state index < -0.39 is 5.60 Å². The molecule has 1 aromatic carbocycles. The summed E-state index contributed by atoms with van der Waals surface area (Å²) < 4.78 is 0. The van der Waals surface area contributed by atoms with E-state index in [2.05, 4.69) is 4.90 Å². The van der Waals surface area contributed by atoms with Gasteiger partial charge >= 0.3 is 0 Å². The number of benzene rings is 1. The van der Waals surface area contributed by atoms with Crippen molar-refractivity contribution in [2.45, 2.75) is 19.4 Å². The van der Waals surface area contributed by atoms with Crippen LogP contribution in [0.5, 0.6) is 0 Å². The SMILES string of the molecule is CC(C)(O)CN1CCN(C(=O)c2ccc(N)cc2N)CC1. The van der Waals surface area contributed by atoms with Gasteiger partial charge in [0, 0.05) is 44.1 Å². The van der Waals surface area contributed by atoms with Gasteiger partial charge in [0.05, 0.1) is 11.2 Å². The van der Waals surface area contributed by atoms with Crippen LogP contribution in [-0.2, 0) is 0 Å². The lowest BCUT2D eigenvalue weighted by Crippen LogP contribution is -2.52. The molecule has 21 heavy (non-hydrogen) atoms. The summed E-state index contributed by atoms with van der Waals surface area (Å²) in [5.41, 5.74) is 12.3. The summed E-state index contributed by atoms with van der Waals surface area (Å²) in [7, 11) is 0.